The molecule has 0 amide bonds. The summed E-state index contributed by atoms with van der Waals surface area (Å²) in [6.45, 7) is 2.47. The van der Waals surface area contributed by atoms with Gasteiger partial charge in [0.25, 0.3) is 0 Å². The van der Waals surface area contributed by atoms with Gasteiger partial charge in [-0.25, -0.2) is 0 Å². The minimum Gasteiger partial charge on any atom is -0.451 e. The first kappa shape index (κ1) is 13.4. The number of hydrogen-bond acceptors (Lipinski definition) is 3. The van der Waals surface area contributed by atoms with E-state index in [4.69, 9.17) is 16.0 Å². The van der Waals surface area contributed by atoms with Gasteiger partial charge in [0.2, 0.25) is 5.78 Å². The zero-order valence-electron chi connectivity index (χ0n) is 10.6. The Morgan fingerprint density at radius 1 is 1.50 bits per heavy atom. The summed E-state index contributed by atoms with van der Waals surface area (Å²) >= 11 is 9.45. The lowest BCUT2D eigenvalue weighted by Crippen LogP contribution is -2.10. The summed E-state index contributed by atoms with van der Waals surface area (Å²) in [5.41, 5.74) is 0.999. The van der Waals surface area contributed by atoms with E-state index in [9.17, 15) is 4.79 Å². The Kier molecular flexibility index (Phi) is 3.40. The van der Waals surface area contributed by atoms with Crippen LogP contribution in [0.1, 0.15) is 23.2 Å². The van der Waals surface area contributed by atoms with Gasteiger partial charge in [0.05, 0.1) is 15.7 Å². The van der Waals surface area contributed by atoms with Crippen molar-refractivity contribution in [2.75, 3.05) is 0 Å². The van der Waals surface area contributed by atoms with Crippen molar-refractivity contribution >= 4 is 44.3 Å². The quantitative estimate of drug-likeness (QED) is 0.660. The predicted octanol–water partition coefficient (Wildman–Crippen LogP) is 4.30. The first-order chi connectivity index (χ1) is 9.61. The van der Waals surface area contributed by atoms with E-state index >= 15 is 0 Å². The second-order valence-electron chi connectivity index (χ2n) is 4.25. The van der Waals surface area contributed by atoms with E-state index in [2.05, 4.69) is 21.0 Å². The van der Waals surface area contributed by atoms with Gasteiger partial charge < -0.3 is 4.42 Å². The second-order valence-corrected chi connectivity index (χ2v) is 5.52. The van der Waals surface area contributed by atoms with Gasteiger partial charge >= 0.3 is 0 Å². The number of hydrogen-bond donors (Lipinski definition) is 0. The Bertz CT molecular complexity index is 807. The molecule has 2 heterocycles. The summed E-state index contributed by atoms with van der Waals surface area (Å²) in [5.74, 6) is -0.0125. The standard InChI is InChI=1S/C14H10BrClN2O2/c1-2-18-12(10(16)7-17-18)13(19)11-6-8-4-3-5-9(15)14(8)20-11/h3-7H,2H2,1H3. The van der Waals surface area contributed by atoms with Crippen LogP contribution in [0, 0.1) is 0 Å². The molecule has 0 spiro atoms. The Morgan fingerprint density at radius 2 is 2.30 bits per heavy atom. The first-order valence-electron chi connectivity index (χ1n) is 6.06. The molecule has 0 saturated carbocycles. The first-order valence-corrected chi connectivity index (χ1v) is 7.23. The topological polar surface area (TPSA) is 48.0 Å². The van der Waals surface area contributed by atoms with Gasteiger partial charge in [-0.05, 0) is 35.0 Å². The molecule has 0 fully saturated rings. The average molecular weight is 354 g/mol. The number of ketones is 1. The smallest absolute Gasteiger partial charge is 0.247 e. The van der Waals surface area contributed by atoms with Crippen LogP contribution in [0.5, 0.6) is 0 Å². The lowest BCUT2D eigenvalue weighted by atomic mass is 10.2. The molecule has 20 heavy (non-hydrogen) atoms. The number of rotatable bonds is 3. The molecule has 0 aliphatic rings. The van der Waals surface area contributed by atoms with Crippen LogP contribution in [0.4, 0.5) is 0 Å². The second kappa shape index (κ2) is 5.07. The zero-order valence-corrected chi connectivity index (χ0v) is 12.9. The molecule has 4 nitrogen and oxygen atoms in total. The Labute approximate surface area is 128 Å². The molecule has 0 aliphatic heterocycles. The van der Waals surface area contributed by atoms with E-state index in [0.29, 0.717) is 22.8 Å². The van der Waals surface area contributed by atoms with Crippen molar-refractivity contribution in [3.05, 3.63) is 51.4 Å². The number of halogens is 2. The predicted molar refractivity (Wildman–Crippen MR) is 80.3 cm³/mol. The minimum atomic E-state index is -0.266. The van der Waals surface area contributed by atoms with Crippen molar-refractivity contribution in [2.45, 2.75) is 13.5 Å². The number of fused-ring (bicyclic) bond motifs is 1. The molecular formula is C14H10BrClN2O2. The van der Waals surface area contributed by atoms with E-state index in [0.717, 1.165) is 9.86 Å². The van der Waals surface area contributed by atoms with Crippen molar-refractivity contribution in [3.8, 4) is 0 Å². The van der Waals surface area contributed by atoms with E-state index in [1.165, 1.54) is 6.20 Å². The fraction of sp³-hybridized carbons (Fsp3) is 0.143. The molecular weight excluding hydrogens is 344 g/mol. The SMILES string of the molecule is CCn1ncc(Cl)c1C(=O)c1cc2cccc(Br)c2o1. The van der Waals surface area contributed by atoms with E-state index in [1.54, 1.807) is 10.7 Å². The van der Waals surface area contributed by atoms with Crippen LogP contribution >= 0.6 is 27.5 Å². The molecule has 6 heteroatoms. The molecule has 102 valence electrons. The number of benzene rings is 1. The lowest BCUT2D eigenvalue weighted by Gasteiger charge is -2.02. The van der Waals surface area contributed by atoms with Crippen molar-refractivity contribution < 1.29 is 9.21 Å². The molecule has 2 aromatic heterocycles. The summed E-state index contributed by atoms with van der Waals surface area (Å²) in [6.07, 6.45) is 1.47. The number of nitrogens with zero attached hydrogens (tertiary/aromatic N) is 2. The fourth-order valence-corrected chi connectivity index (χ4v) is 2.77. The van der Waals surface area contributed by atoms with E-state index in [1.807, 2.05) is 25.1 Å². The third kappa shape index (κ3) is 2.07. The highest BCUT2D eigenvalue weighted by atomic mass is 79.9. The largest absolute Gasteiger partial charge is 0.451 e. The molecule has 3 aromatic rings. The maximum absolute atomic E-state index is 12.5. The van der Waals surface area contributed by atoms with Crippen LogP contribution in [0.15, 0.2) is 39.4 Å². The number of carbonyl (C=O) groups excluding carboxylic acids is 1. The van der Waals surface area contributed by atoms with Crippen molar-refractivity contribution in [2.24, 2.45) is 0 Å². The average Bonchev–Trinajstić information content (AvgIpc) is 3.02. The Hall–Kier alpha value is -1.59. The van der Waals surface area contributed by atoms with Gasteiger partial charge in [-0.3, -0.25) is 9.48 Å². The number of carbonyl (C=O) groups is 1. The fourth-order valence-electron chi connectivity index (χ4n) is 2.08. The van der Waals surface area contributed by atoms with Crippen LogP contribution in [0.3, 0.4) is 0 Å². The van der Waals surface area contributed by atoms with Crippen molar-refractivity contribution in [1.82, 2.24) is 9.78 Å². The third-order valence-electron chi connectivity index (χ3n) is 3.03. The summed E-state index contributed by atoms with van der Waals surface area (Å²) < 4.78 is 8.01. The number of aryl methyl sites for hydroxylation is 1. The number of aromatic nitrogens is 2. The van der Waals surface area contributed by atoms with Gasteiger partial charge in [-0.15, -0.1) is 0 Å². The summed E-state index contributed by atoms with van der Waals surface area (Å²) in [5, 5.41) is 5.26. The van der Waals surface area contributed by atoms with Crippen LogP contribution in [0.2, 0.25) is 5.02 Å². The highest BCUT2D eigenvalue weighted by Gasteiger charge is 2.22. The molecule has 0 N–H and O–H groups in total. The summed E-state index contributed by atoms with van der Waals surface area (Å²) in [6, 6.07) is 7.35. The van der Waals surface area contributed by atoms with Crippen LogP contribution in [-0.2, 0) is 6.54 Å². The molecule has 0 aliphatic carbocycles. The zero-order chi connectivity index (χ0) is 14.3. The van der Waals surface area contributed by atoms with E-state index in [-0.39, 0.29) is 11.5 Å². The molecule has 0 saturated heterocycles. The Morgan fingerprint density at radius 3 is 3.00 bits per heavy atom. The van der Waals surface area contributed by atoms with Crippen LogP contribution in [-0.4, -0.2) is 15.6 Å². The molecule has 3 rings (SSSR count). The van der Waals surface area contributed by atoms with Crippen LogP contribution < -0.4 is 0 Å². The van der Waals surface area contributed by atoms with Crippen LogP contribution in [0.25, 0.3) is 11.0 Å². The maximum atomic E-state index is 12.5. The summed E-state index contributed by atoms with van der Waals surface area (Å²) in [7, 11) is 0. The molecule has 0 atom stereocenters. The highest BCUT2D eigenvalue weighted by molar-refractivity contribution is 9.10. The van der Waals surface area contributed by atoms with Gasteiger partial charge in [0.15, 0.2) is 5.76 Å². The van der Waals surface area contributed by atoms with Crippen molar-refractivity contribution in [3.63, 3.8) is 0 Å². The molecule has 1 aromatic carbocycles. The highest BCUT2D eigenvalue weighted by Crippen LogP contribution is 2.29. The normalized spacial score (nSPS) is 11.2. The monoisotopic (exact) mass is 352 g/mol. The van der Waals surface area contributed by atoms with E-state index < -0.39 is 0 Å². The van der Waals surface area contributed by atoms with Gasteiger partial charge in [-0.2, -0.15) is 5.10 Å². The number of furan rings is 1. The minimum absolute atomic E-state index is 0.254. The van der Waals surface area contributed by atoms with Crippen molar-refractivity contribution in [1.29, 1.82) is 0 Å². The third-order valence-corrected chi connectivity index (χ3v) is 3.93. The van der Waals surface area contributed by atoms with Gasteiger partial charge in [0, 0.05) is 11.9 Å². The van der Waals surface area contributed by atoms with Gasteiger partial charge in [-0.1, -0.05) is 23.7 Å². The summed E-state index contributed by atoms with van der Waals surface area (Å²) in [4.78, 5) is 12.5. The molecule has 0 unspecified atom stereocenters. The van der Waals surface area contributed by atoms with Gasteiger partial charge in [0.1, 0.15) is 11.3 Å². The molecule has 0 bridgehead atoms. The maximum Gasteiger partial charge on any atom is 0.247 e. The molecule has 0 radical (unpaired) electrons. The lowest BCUT2D eigenvalue weighted by molar-refractivity contribution is 0.100. The number of para-hydroxylation sites is 1. The Balaban J connectivity index is 2.13.